The smallest absolute Gasteiger partial charge is 0.269 e. The van der Waals surface area contributed by atoms with E-state index in [2.05, 4.69) is 5.32 Å². The van der Waals surface area contributed by atoms with Crippen molar-refractivity contribution in [1.29, 1.82) is 0 Å². The zero-order valence-electron chi connectivity index (χ0n) is 22.7. The summed E-state index contributed by atoms with van der Waals surface area (Å²) < 4.78 is 33.5. The quantitative estimate of drug-likeness (QED) is 0.259. The second kappa shape index (κ2) is 13.1. The number of nitro groups is 1. The molecule has 1 N–H and O–H groups in total. The number of benzene rings is 3. The highest BCUT2D eigenvalue weighted by Gasteiger charge is 2.32. The molecule has 0 heterocycles. The third kappa shape index (κ3) is 7.35. The number of carbonyl (C=O) groups excluding carboxylic acids is 2. The Hall–Kier alpha value is -4.45. The molecule has 0 spiro atoms. The lowest BCUT2D eigenvalue weighted by Crippen LogP contribution is -2.52. The van der Waals surface area contributed by atoms with Gasteiger partial charge in [0.05, 0.1) is 22.6 Å². The van der Waals surface area contributed by atoms with Crippen LogP contribution >= 0.6 is 0 Å². The second-order valence-electron chi connectivity index (χ2n) is 9.31. The molecule has 0 saturated carbocycles. The van der Waals surface area contributed by atoms with E-state index in [1.165, 1.54) is 48.4 Å². The average molecular weight is 569 g/mol. The van der Waals surface area contributed by atoms with Crippen molar-refractivity contribution >= 4 is 33.2 Å². The van der Waals surface area contributed by atoms with Gasteiger partial charge in [-0.05, 0) is 62.7 Å². The molecule has 3 rings (SSSR count). The van der Waals surface area contributed by atoms with Gasteiger partial charge in [0.25, 0.3) is 15.7 Å². The Morgan fingerprint density at radius 3 is 2.08 bits per heavy atom. The van der Waals surface area contributed by atoms with Gasteiger partial charge in [-0.1, -0.05) is 30.3 Å². The van der Waals surface area contributed by atoms with Crippen molar-refractivity contribution in [2.45, 2.75) is 44.3 Å². The lowest BCUT2D eigenvalue weighted by atomic mass is 10.1. The molecule has 0 aliphatic heterocycles. The van der Waals surface area contributed by atoms with Gasteiger partial charge in [-0.2, -0.15) is 0 Å². The van der Waals surface area contributed by atoms with Crippen LogP contribution in [0.2, 0.25) is 0 Å². The topological polar surface area (TPSA) is 139 Å². The minimum Gasteiger partial charge on any atom is -0.497 e. The minimum absolute atomic E-state index is 0.0228. The van der Waals surface area contributed by atoms with Crippen LogP contribution in [0.1, 0.15) is 26.3 Å². The first-order valence-electron chi connectivity index (χ1n) is 12.5. The number of ether oxygens (including phenoxy) is 1. The Labute approximate surface area is 233 Å². The van der Waals surface area contributed by atoms with E-state index in [9.17, 15) is 28.1 Å². The number of nitrogens with zero attached hydrogens (tertiary/aromatic N) is 3. The van der Waals surface area contributed by atoms with Crippen molar-refractivity contribution in [3.05, 3.63) is 94.5 Å². The molecule has 0 bridgehead atoms. The van der Waals surface area contributed by atoms with E-state index in [1.54, 1.807) is 63.2 Å². The molecule has 40 heavy (non-hydrogen) atoms. The van der Waals surface area contributed by atoms with E-state index in [-0.39, 0.29) is 28.9 Å². The molecule has 0 radical (unpaired) electrons. The van der Waals surface area contributed by atoms with Gasteiger partial charge < -0.3 is 15.0 Å². The van der Waals surface area contributed by atoms with Crippen molar-refractivity contribution in [2.75, 3.05) is 18.0 Å². The zero-order chi connectivity index (χ0) is 29.4. The van der Waals surface area contributed by atoms with Crippen LogP contribution < -0.4 is 14.4 Å². The molecule has 212 valence electrons. The third-order valence-corrected chi connectivity index (χ3v) is 7.86. The summed E-state index contributed by atoms with van der Waals surface area (Å²) in [6.07, 6.45) is 0. The van der Waals surface area contributed by atoms with E-state index in [4.69, 9.17) is 4.74 Å². The number of non-ortho nitro benzene ring substituents is 1. The largest absolute Gasteiger partial charge is 0.497 e. The molecule has 0 unspecified atom stereocenters. The van der Waals surface area contributed by atoms with Crippen molar-refractivity contribution in [1.82, 2.24) is 10.2 Å². The number of hydrogen-bond donors (Lipinski definition) is 1. The lowest BCUT2D eigenvalue weighted by molar-refractivity contribution is -0.384. The van der Waals surface area contributed by atoms with Gasteiger partial charge in [-0.25, -0.2) is 8.42 Å². The molecule has 11 nitrogen and oxygen atoms in total. The molecule has 2 amide bonds. The zero-order valence-corrected chi connectivity index (χ0v) is 23.5. The number of methoxy groups -OCH3 is 1. The highest BCUT2D eigenvalue weighted by Crippen LogP contribution is 2.26. The number of carbonyl (C=O) groups is 2. The van der Waals surface area contributed by atoms with Gasteiger partial charge in [0.2, 0.25) is 11.8 Å². The van der Waals surface area contributed by atoms with Gasteiger partial charge >= 0.3 is 0 Å². The number of hydrogen-bond acceptors (Lipinski definition) is 7. The van der Waals surface area contributed by atoms with Crippen LogP contribution in [0.4, 0.5) is 11.4 Å². The van der Waals surface area contributed by atoms with Crippen LogP contribution in [0, 0.1) is 10.1 Å². The predicted molar refractivity (Wildman–Crippen MR) is 150 cm³/mol. The summed E-state index contributed by atoms with van der Waals surface area (Å²) in [4.78, 5) is 38.6. The maximum absolute atomic E-state index is 13.8. The molecule has 1 atom stereocenters. The molecule has 0 aliphatic carbocycles. The Bertz CT molecular complexity index is 1430. The number of nitro benzene ring substituents is 1. The summed E-state index contributed by atoms with van der Waals surface area (Å²) in [6, 6.07) is 18.3. The van der Waals surface area contributed by atoms with E-state index >= 15 is 0 Å². The van der Waals surface area contributed by atoms with Gasteiger partial charge in [0, 0.05) is 24.7 Å². The molecule has 0 fully saturated rings. The maximum atomic E-state index is 13.8. The molecule has 3 aromatic rings. The van der Waals surface area contributed by atoms with Gasteiger partial charge in [-0.3, -0.25) is 24.0 Å². The van der Waals surface area contributed by atoms with Gasteiger partial charge in [-0.15, -0.1) is 0 Å². The van der Waals surface area contributed by atoms with E-state index in [0.29, 0.717) is 11.3 Å². The second-order valence-corrected chi connectivity index (χ2v) is 11.2. The van der Waals surface area contributed by atoms with E-state index in [0.717, 1.165) is 4.31 Å². The first kappa shape index (κ1) is 30.1. The Balaban J connectivity index is 2.03. The molecule has 0 aliphatic rings. The monoisotopic (exact) mass is 568 g/mol. The minimum atomic E-state index is -4.26. The number of sulfonamides is 1. The molecule has 0 saturated heterocycles. The van der Waals surface area contributed by atoms with Crippen LogP contribution in [0.5, 0.6) is 5.75 Å². The molecule has 12 heteroatoms. The van der Waals surface area contributed by atoms with Crippen LogP contribution in [0.15, 0.2) is 83.8 Å². The van der Waals surface area contributed by atoms with Crippen LogP contribution in [-0.4, -0.2) is 55.8 Å². The summed E-state index contributed by atoms with van der Waals surface area (Å²) in [5.41, 5.74) is 0.532. The summed E-state index contributed by atoms with van der Waals surface area (Å²) in [6.45, 7) is 4.53. The van der Waals surface area contributed by atoms with Crippen LogP contribution in [0.25, 0.3) is 0 Å². The third-order valence-electron chi connectivity index (χ3n) is 6.07. The van der Waals surface area contributed by atoms with E-state index < -0.39 is 39.3 Å². The highest BCUT2D eigenvalue weighted by molar-refractivity contribution is 7.92. The van der Waals surface area contributed by atoms with Crippen molar-refractivity contribution in [2.24, 2.45) is 0 Å². The maximum Gasteiger partial charge on any atom is 0.269 e. The predicted octanol–water partition coefficient (Wildman–Crippen LogP) is 3.74. The standard InChI is InChI=1S/C28H32N4O7S/c1-20(2)29-28(34)21(3)30(18-22-10-16-25(39-4)17-11-22)27(33)19-31(23-12-14-24(15-13-23)32(35)36)40(37,38)26-8-6-5-7-9-26/h5-17,20-21H,18-19H2,1-4H3,(H,29,34)/t21-/m0/s1. The van der Waals surface area contributed by atoms with E-state index in [1.807, 2.05) is 0 Å². The lowest BCUT2D eigenvalue weighted by Gasteiger charge is -2.32. The Morgan fingerprint density at radius 2 is 1.55 bits per heavy atom. The number of amides is 2. The summed E-state index contributed by atoms with van der Waals surface area (Å²) in [5, 5.41) is 14.0. The summed E-state index contributed by atoms with van der Waals surface area (Å²) in [7, 11) is -2.73. The van der Waals surface area contributed by atoms with Crippen LogP contribution in [0.3, 0.4) is 0 Å². The molecule has 3 aromatic carbocycles. The van der Waals surface area contributed by atoms with Crippen molar-refractivity contribution < 1.29 is 27.7 Å². The Kier molecular flexibility index (Phi) is 9.83. The number of rotatable bonds is 12. The summed E-state index contributed by atoms with van der Waals surface area (Å²) in [5.74, 6) is -0.421. The average Bonchev–Trinajstić information content (AvgIpc) is 2.94. The SMILES string of the molecule is COc1ccc(CN(C(=O)CN(c2ccc([N+](=O)[O-])cc2)S(=O)(=O)c2ccccc2)[C@@H](C)C(=O)NC(C)C)cc1. The first-order chi connectivity index (χ1) is 18.9. The molecular formula is C28H32N4O7S. The van der Waals surface area contributed by atoms with Crippen molar-refractivity contribution in [3.8, 4) is 5.75 Å². The molecular weight excluding hydrogens is 536 g/mol. The summed E-state index contributed by atoms with van der Waals surface area (Å²) >= 11 is 0. The molecule has 0 aromatic heterocycles. The van der Waals surface area contributed by atoms with Crippen LogP contribution in [-0.2, 0) is 26.2 Å². The number of anilines is 1. The fourth-order valence-electron chi connectivity index (χ4n) is 3.90. The fourth-order valence-corrected chi connectivity index (χ4v) is 5.34. The number of nitrogens with one attached hydrogen (secondary N) is 1. The fraction of sp³-hybridized carbons (Fsp3) is 0.286. The first-order valence-corrected chi connectivity index (χ1v) is 13.9. The highest BCUT2D eigenvalue weighted by atomic mass is 32.2. The normalized spacial score (nSPS) is 11.9. The van der Waals surface area contributed by atoms with Gasteiger partial charge in [0.15, 0.2) is 0 Å². The Morgan fingerprint density at radius 1 is 0.950 bits per heavy atom. The van der Waals surface area contributed by atoms with Crippen molar-refractivity contribution in [3.63, 3.8) is 0 Å². The van der Waals surface area contributed by atoms with Gasteiger partial charge in [0.1, 0.15) is 18.3 Å².